The molecule has 1 aliphatic heterocycles. The molecule has 0 bridgehead atoms. The van der Waals surface area contributed by atoms with Crippen LogP contribution in [0.5, 0.6) is 0 Å². The van der Waals surface area contributed by atoms with E-state index in [-0.39, 0.29) is 5.56 Å². The Morgan fingerprint density at radius 2 is 2.38 bits per heavy atom. The first kappa shape index (κ1) is 6.59. The van der Waals surface area contributed by atoms with Crippen LogP contribution in [-0.4, -0.2) is 19.3 Å². The third kappa shape index (κ3) is 0.729. The molecule has 64 valence electrons. The smallest absolute Gasteiger partial charge is 0.283 e. The van der Waals surface area contributed by atoms with E-state index in [1.54, 1.807) is 15.4 Å². The number of allylic oxidation sites excluding steroid dienone is 1. The van der Waals surface area contributed by atoms with Crippen LogP contribution in [-0.2, 0) is 6.54 Å². The SMILES string of the molecule is O=c1ncn2c3c1cnn3CC=C2. The number of nitrogens with zero attached hydrogens (tertiary/aromatic N) is 4. The maximum atomic E-state index is 11.3. The molecule has 0 saturated heterocycles. The van der Waals surface area contributed by atoms with Crippen molar-refractivity contribution in [3.05, 3.63) is 29.0 Å². The van der Waals surface area contributed by atoms with Crippen molar-refractivity contribution in [3.63, 3.8) is 0 Å². The molecule has 1 aliphatic rings. The van der Waals surface area contributed by atoms with E-state index >= 15 is 0 Å². The fraction of sp³-hybridized carbons (Fsp3) is 0.125. The second kappa shape index (κ2) is 2.07. The summed E-state index contributed by atoms with van der Waals surface area (Å²) < 4.78 is 3.58. The minimum atomic E-state index is -0.215. The first-order valence-corrected chi connectivity index (χ1v) is 3.95. The van der Waals surface area contributed by atoms with Crippen molar-refractivity contribution in [1.29, 1.82) is 0 Å². The van der Waals surface area contributed by atoms with Gasteiger partial charge in [-0.25, -0.2) is 4.68 Å². The topological polar surface area (TPSA) is 52.7 Å². The van der Waals surface area contributed by atoms with Crippen LogP contribution >= 0.6 is 0 Å². The van der Waals surface area contributed by atoms with Crippen LogP contribution < -0.4 is 5.56 Å². The highest BCUT2D eigenvalue weighted by Gasteiger charge is 2.10. The Morgan fingerprint density at radius 3 is 3.31 bits per heavy atom. The quantitative estimate of drug-likeness (QED) is 0.568. The summed E-state index contributed by atoms with van der Waals surface area (Å²) in [4.78, 5) is 15.0. The Hall–Kier alpha value is -1.91. The average Bonchev–Trinajstić information content (AvgIpc) is 2.57. The van der Waals surface area contributed by atoms with E-state index in [9.17, 15) is 4.79 Å². The first-order chi connectivity index (χ1) is 6.36. The summed E-state index contributed by atoms with van der Waals surface area (Å²) in [7, 11) is 0. The van der Waals surface area contributed by atoms with Crippen LogP contribution in [0.2, 0.25) is 0 Å². The zero-order valence-corrected chi connectivity index (χ0v) is 6.71. The highest BCUT2D eigenvalue weighted by atomic mass is 16.1. The fourth-order valence-corrected chi connectivity index (χ4v) is 1.54. The number of hydrogen-bond donors (Lipinski definition) is 0. The highest BCUT2D eigenvalue weighted by Crippen LogP contribution is 2.12. The summed E-state index contributed by atoms with van der Waals surface area (Å²) in [5.41, 5.74) is 0.607. The molecule has 0 saturated carbocycles. The molecule has 0 atom stereocenters. The third-order valence-electron chi connectivity index (χ3n) is 2.13. The van der Waals surface area contributed by atoms with E-state index in [1.807, 2.05) is 12.3 Å². The van der Waals surface area contributed by atoms with Gasteiger partial charge in [-0.05, 0) is 6.08 Å². The first-order valence-electron chi connectivity index (χ1n) is 3.95. The Kier molecular flexibility index (Phi) is 1.05. The molecule has 3 rings (SSSR count). The summed E-state index contributed by atoms with van der Waals surface area (Å²) in [5.74, 6) is 0. The van der Waals surface area contributed by atoms with E-state index in [4.69, 9.17) is 0 Å². The second-order valence-corrected chi connectivity index (χ2v) is 2.91. The molecule has 0 spiro atoms. The molecule has 0 unspecified atom stereocenters. The summed E-state index contributed by atoms with van der Waals surface area (Å²) in [6.07, 6.45) is 6.93. The van der Waals surface area contributed by atoms with E-state index < -0.39 is 0 Å². The van der Waals surface area contributed by atoms with Crippen LogP contribution in [0.15, 0.2) is 23.4 Å². The van der Waals surface area contributed by atoms with E-state index in [0.29, 0.717) is 11.9 Å². The molecular formula is C8H6N4O. The van der Waals surface area contributed by atoms with Crippen molar-refractivity contribution in [1.82, 2.24) is 19.3 Å². The molecule has 0 aliphatic carbocycles. The lowest BCUT2D eigenvalue weighted by molar-refractivity contribution is 0.699. The van der Waals surface area contributed by atoms with Gasteiger partial charge in [0.05, 0.1) is 12.7 Å². The molecule has 13 heavy (non-hydrogen) atoms. The number of hydrogen-bond acceptors (Lipinski definition) is 3. The Labute approximate surface area is 72.9 Å². The number of rotatable bonds is 0. The largest absolute Gasteiger partial charge is 0.292 e. The molecule has 5 nitrogen and oxygen atoms in total. The lowest BCUT2D eigenvalue weighted by atomic mass is 10.4. The zero-order chi connectivity index (χ0) is 8.84. The lowest BCUT2D eigenvalue weighted by Gasteiger charge is -2.09. The molecular weight excluding hydrogens is 168 g/mol. The van der Waals surface area contributed by atoms with Crippen molar-refractivity contribution < 1.29 is 0 Å². The van der Waals surface area contributed by atoms with Crippen LogP contribution in [0, 0.1) is 0 Å². The fourth-order valence-electron chi connectivity index (χ4n) is 1.54. The zero-order valence-electron chi connectivity index (χ0n) is 6.71. The van der Waals surface area contributed by atoms with Crippen LogP contribution in [0.4, 0.5) is 0 Å². The predicted molar refractivity (Wildman–Crippen MR) is 47.1 cm³/mol. The van der Waals surface area contributed by atoms with Gasteiger partial charge in [0.25, 0.3) is 5.56 Å². The molecule has 0 aromatic carbocycles. The second-order valence-electron chi connectivity index (χ2n) is 2.91. The van der Waals surface area contributed by atoms with Crippen LogP contribution in [0.1, 0.15) is 0 Å². The molecule has 0 fully saturated rings. The molecule has 2 aromatic heterocycles. The summed E-state index contributed by atoms with van der Waals surface area (Å²) in [5, 5.41) is 4.67. The van der Waals surface area contributed by atoms with Crippen molar-refractivity contribution in [2.24, 2.45) is 0 Å². The van der Waals surface area contributed by atoms with Gasteiger partial charge in [0.1, 0.15) is 17.4 Å². The van der Waals surface area contributed by atoms with Crippen LogP contribution in [0.3, 0.4) is 0 Å². The molecule has 0 radical (unpaired) electrons. The Bertz CT molecular complexity index is 563. The summed E-state index contributed by atoms with van der Waals surface area (Å²) in [6.45, 7) is 0.715. The maximum Gasteiger partial charge on any atom is 0.283 e. The molecule has 2 aromatic rings. The lowest BCUT2D eigenvalue weighted by Crippen LogP contribution is -2.13. The molecule has 0 N–H and O–H groups in total. The van der Waals surface area contributed by atoms with Gasteiger partial charge >= 0.3 is 0 Å². The minimum absolute atomic E-state index is 0.215. The van der Waals surface area contributed by atoms with Crippen molar-refractivity contribution in [2.45, 2.75) is 6.54 Å². The van der Waals surface area contributed by atoms with Crippen LogP contribution in [0.25, 0.3) is 17.2 Å². The van der Waals surface area contributed by atoms with Crippen molar-refractivity contribution >= 4 is 17.2 Å². The molecule has 3 heterocycles. The van der Waals surface area contributed by atoms with Crippen molar-refractivity contribution in [3.8, 4) is 0 Å². The maximum absolute atomic E-state index is 11.3. The predicted octanol–water partition coefficient (Wildman–Crippen LogP) is 0.0773. The van der Waals surface area contributed by atoms with Crippen molar-refractivity contribution in [2.75, 3.05) is 0 Å². The highest BCUT2D eigenvalue weighted by molar-refractivity contribution is 5.76. The van der Waals surface area contributed by atoms with E-state index in [1.165, 1.54) is 6.33 Å². The van der Waals surface area contributed by atoms with Gasteiger partial charge in [0, 0.05) is 6.20 Å². The number of aromatic nitrogens is 4. The summed E-state index contributed by atoms with van der Waals surface area (Å²) >= 11 is 0. The van der Waals surface area contributed by atoms with E-state index in [0.717, 1.165) is 5.65 Å². The Balaban J connectivity index is 2.63. The van der Waals surface area contributed by atoms with Gasteiger partial charge in [0.2, 0.25) is 0 Å². The van der Waals surface area contributed by atoms with Gasteiger partial charge in [-0.3, -0.25) is 9.36 Å². The van der Waals surface area contributed by atoms with Gasteiger partial charge in [-0.2, -0.15) is 10.1 Å². The van der Waals surface area contributed by atoms with E-state index in [2.05, 4.69) is 10.1 Å². The standard InChI is InChI=1S/C8H6N4O/c13-7-6-4-10-12-3-1-2-11(5-9-7)8(6)12/h1-2,4-5H,3H2. The monoisotopic (exact) mass is 174 g/mol. The third-order valence-corrected chi connectivity index (χ3v) is 2.13. The normalized spacial score (nSPS) is 13.8. The van der Waals surface area contributed by atoms with Gasteiger partial charge in [-0.1, -0.05) is 0 Å². The van der Waals surface area contributed by atoms with Gasteiger partial charge in [0.15, 0.2) is 0 Å². The van der Waals surface area contributed by atoms with Gasteiger partial charge in [-0.15, -0.1) is 0 Å². The average molecular weight is 174 g/mol. The summed E-state index contributed by atoms with van der Waals surface area (Å²) in [6, 6.07) is 0. The molecule has 0 amide bonds. The van der Waals surface area contributed by atoms with Gasteiger partial charge < -0.3 is 0 Å². The Morgan fingerprint density at radius 1 is 1.46 bits per heavy atom. The minimum Gasteiger partial charge on any atom is -0.292 e. The molecule has 5 heteroatoms.